The molecule has 0 saturated carbocycles. The molecule has 0 aliphatic carbocycles. The smallest absolute Gasteiger partial charge is 0.196 e. The number of benzene rings is 2. The average molecular weight is 271 g/mol. The molecular formula is C16H11ClO2. The lowest BCUT2D eigenvalue weighted by Gasteiger charge is -2.03. The third-order valence-electron chi connectivity index (χ3n) is 3.05. The second-order valence-electron chi connectivity index (χ2n) is 4.39. The van der Waals surface area contributed by atoms with Crippen LogP contribution in [0.2, 0.25) is 5.02 Å². The molecule has 0 radical (unpaired) electrons. The van der Waals surface area contributed by atoms with Crippen molar-refractivity contribution in [2.75, 3.05) is 0 Å². The minimum absolute atomic E-state index is 0.00164. The molecule has 0 bridgehead atoms. The van der Waals surface area contributed by atoms with E-state index in [0.29, 0.717) is 28.0 Å². The van der Waals surface area contributed by atoms with E-state index < -0.39 is 0 Å². The van der Waals surface area contributed by atoms with Crippen molar-refractivity contribution >= 4 is 22.6 Å². The zero-order valence-corrected chi connectivity index (χ0v) is 10.9. The summed E-state index contributed by atoms with van der Waals surface area (Å²) in [7, 11) is 0. The van der Waals surface area contributed by atoms with Crippen LogP contribution >= 0.6 is 11.6 Å². The molecule has 3 rings (SSSR count). The van der Waals surface area contributed by atoms with Gasteiger partial charge in [0.15, 0.2) is 5.43 Å². The zero-order valence-electron chi connectivity index (χ0n) is 10.1. The molecule has 0 unspecified atom stereocenters. The van der Waals surface area contributed by atoms with Crippen LogP contribution in [0.25, 0.3) is 11.0 Å². The van der Waals surface area contributed by atoms with Gasteiger partial charge < -0.3 is 4.42 Å². The lowest BCUT2D eigenvalue weighted by atomic mass is 10.1. The highest BCUT2D eigenvalue weighted by atomic mass is 35.5. The highest BCUT2D eigenvalue weighted by Gasteiger charge is 2.07. The Bertz CT molecular complexity index is 776. The largest absolute Gasteiger partial charge is 0.464 e. The fourth-order valence-corrected chi connectivity index (χ4v) is 2.24. The lowest BCUT2D eigenvalue weighted by molar-refractivity contribution is 0.595. The van der Waals surface area contributed by atoms with Crippen LogP contribution in [0.1, 0.15) is 11.1 Å². The van der Waals surface area contributed by atoms with Gasteiger partial charge in [-0.3, -0.25) is 4.79 Å². The first-order valence-corrected chi connectivity index (χ1v) is 6.36. The fourth-order valence-electron chi connectivity index (χ4n) is 2.08. The van der Waals surface area contributed by atoms with Crippen molar-refractivity contribution in [3.63, 3.8) is 0 Å². The van der Waals surface area contributed by atoms with E-state index in [9.17, 15) is 4.79 Å². The third-order valence-corrected chi connectivity index (χ3v) is 3.28. The maximum absolute atomic E-state index is 12.3. The van der Waals surface area contributed by atoms with Gasteiger partial charge in [0, 0.05) is 23.1 Å². The molecule has 0 amide bonds. The van der Waals surface area contributed by atoms with Crippen molar-refractivity contribution in [2.45, 2.75) is 6.42 Å². The Balaban J connectivity index is 2.08. The first-order chi connectivity index (χ1) is 9.24. The molecule has 0 N–H and O–H groups in total. The molecule has 94 valence electrons. The van der Waals surface area contributed by atoms with Crippen LogP contribution in [0.4, 0.5) is 0 Å². The van der Waals surface area contributed by atoms with E-state index in [-0.39, 0.29) is 5.43 Å². The SMILES string of the molecule is O=c1c(Cc2ccccc2)coc2cc(Cl)ccc12. The van der Waals surface area contributed by atoms with Crippen LogP contribution in [0.3, 0.4) is 0 Å². The van der Waals surface area contributed by atoms with E-state index in [4.69, 9.17) is 16.0 Å². The van der Waals surface area contributed by atoms with Crippen molar-refractivity contribution in [3.05, 3.63) is 81.2 Å². The van der Waals surface area contributed by atoms with E-state index in [1.54, 1.807) is 18.2 Å². The highest BCUT2D eigenvalue weighted by molar-refractivity contribution is 6.31. The van der Waals surface area contributed by atoms with Crippen molar-refractivity contribution in [3.8, 4) is 0 Å². The van der Waals surface area contributed by atoms with E-state index >= 15 is 0 Å². The normalized spacial score (nSPS) is 10.8. The third kappa shape index (κ3) is 2.40. The quantitative estimate of drug-likeness (QED) is 0.703. The average Bonchev–Trinajstić information content (AvgIpc) is 2.43. The lowest BCUT2D eigenvalue weighted by Crippen LogP contribution is -2.09. The van der Waals surface area contributed by atoms with Crippen molar-refractivity contribution in [1.29, 1.82) is 0 Å². The monoisotopic (exact) mass is 270 g/mol. The van der Waals surface area contributed by atoms with Crippen LogP contribution in [-0.2, 0) is 6.42 Å². The van der Waals surface area contributed by atoms with E-state index in [0.717, 1.165) is 5.56 Å². The summed E-state index contributed by atoms with van der Waals surface area (Å²) >= 11 is 5.88. The molecule has 0 atom stereocenters. The van der Waals surface area contributed by atoms with Crippen LogP contribution in [0, 0.1) is 0 Å². The van der Waals surface area contributed by atoms with Crippen LogP contribution in [0.5, 0.6) is 0 Å². The van der Waals surface area contributed by atoms with Gasteiger partial charge in [0.1, 0.15) is 5.58 Å². The summed E-state index contributed by atoms with van der Waals surface area (Å²) in [5.41, 5.74) is 2.26. The van der Waals surface area contributed by atoms with Crippen LogP contribution in [0.15, 0.2) is 64.0 Å². The minimum Gasteiger partial charge on any atom is -0.464 e. The predicted molar refractivity (Wildman–Crippen MR) is 76.7 cm³/mol. The minimum atomic E-state index is 0.00164. The Morgan fingerprint density at radius 3 is 2.63 bits per heavy atom. The number of halogens is 1. The van der Waals surface area contributed by atoms with Gasteiger partial charge in [0.25, 0.3) is 0 Å². The maximum Gasteiger partial charge on any atom is 0.196 e. The number of hydrogen-bond acceptors (Lipinski definition) is 2. The van der Waals surface area contributed by atoms with Gasteiger partial charge >= 0.3 is 0 Å². The van der Waals surface area contributed by atoms with Gasteiger partial charge in [-0.05, 0) is 17.7 Å². The van der Waals surface area contributed by atoms with Crippen molar-refractivity contribution in [2.24, 2.45) is 0 Å². The first-order valence-electron chi connectivity index (χ1n) is 5.98. The molecule has 0 fully saturated rings. The molecule has 3 heteroatoms. The summed E-state index contributed by atoms with van der Waals surface area (Å²) in [4.78, 5) is 12.3. The standard InChI is InChI=1S/C16H11ClO2/c17-13-6-7-14-15(9-13)19-10-12(16(14)18)8-11-4-2-1-3-5-11/h1-7,9-10H,8H2. The molecule has 1 heterocycles. The molecule has 0 spiro atoms. The van der Waals surface area contributed by atoms with Gasteiger partial charge in [-0.2, -0.15) is 0 Å². The molecule has 19 heavy (non-hydrogen) atoms. The first kappa shape index (κ1) is 12.0. The van der Waals surface area contributed by atoms with Gasteiger partial charge in [-0.25, -0.2) is 0 Å². The summed E-state index contributed by atoms with van der Waals surface area (Å²) in [5, 5.41) is 1.13. The van der Waals surface area contributed by atoms with E-state index in [1.165, 1.54) is 6.26 Å². The number of rotatable bonds is 2. The van der Waals surface area contributed by atoms with Gasteiger partial charge in [0.2, 0.25) is 0 Å². The van der Waals surface area contributed by atoms with Crippen molar-refractivity contribution in [1.82, 2.24) is 0 Å². The summed E-state index contributed by atoms with van der Waals surface area (Å²) in [6, 6.07) is 14.9. The Morgan fingerprint density at radius 2 is 1.84 bits per heavy atom. The predicted octanol–water partition coefficient (Wildman–Crippen LogP) is 4.04. The van der Waals surface area contributed by atoms with E-state index in [1.807, 2.05) is 30.3 Å². The molecule has 0 saturated heterocycles. The number of hydrogen-bond donors (Lipinski definition) is 0. The van der Waals surface area contributed by atoms with Crippen molar-refractivity contribution < 1.29 is 4.42 Å². The van der Waals surface area contributed by atoms with E-state index in [2.05, 4.69) is 0 Å². The Kier molecular flexibility index (Phi) is 3.10. The topological polar surface area (TPSA) is 30.2 Å². The second kappa shape index (κ2) is 4.90. The molecule has 2 aromatic carbocycles. The van der Waals surface area contributed by atoms with Crippen LogP contribution in [-0.4, -0.2) is 0 Å². The Morgan fingerprint density at radius 1 is 1.05 bits per heavy atom. The Labute approximate surface area is 115 Å². The van der Waals surface area contributed by atoms with Gasteiger partial charge in [-0.15, -0.1) is 0 Å². The zero-order chi connectivity index (χ0) is 13.2. The summed E-state index contributed by atoms with van der Waals surface area (Å²) < 4.78 is 5.49. The molecule has 1 aromatic heterocycles. The summed E-state index contributed by atoms with van der Waals surface area (Å²) in [6.45, 7) is 0. The molecule has 2 nitrogen and oxygen atoms in total. The molecule has 0 aliphatic rings. The molecule has 0 aliphatic heterocycles. The molecular weight excluding hydrogens is 260 g/mol. The maximum atomic E-state index is 12.3. The van der Waals surface area contributed by atoms with Gasteiger partial charge in [-0.1, -0.05) is 41.9 Å². The van der Waals surface area contributed by atoms with Crippen LogP contribution < -0.4 is 5.43 Å². The van der Waals surface area contributed by atoms with Gasteiger partial charge in [0.05, 0.1) is 11.6 Å². The summed E-state index contributed by atoms with van der Waals surface area (Å²) in [6.07, 6.45) is 2.09. The number of fused-ring (bicyclic) bond motifs is 1. The molecule has 3 aromatic rings. The summed E-state index contributed by atoms with van der Waals surface area (Å²) in [5.74, 6) is 0. The highest BCUT2D eigenvalue weighted by Crippen LogP contribution is 2.18. The second-order valence-corrected chi connectivity index (χ2v) is 4.83. The fraction of sp³-hybridized carbons (Fsp3) is 0.0625. The Hall–Kier alpha value is -2.06.